The first kappa shape index (κ1) is 13.7. The highest BCUT2D eigenvalue weighted by Crippen LogP contribution is 2.19. The van der Waals surface area contributed by atoms with Crippen molar-refractivity contribution in [2.24, 2.45) is 0 Å². The van der Waals surface area contributed by atoms with Crippen molar-refractivity contribution in [1.29, 1.82) is 0 Å². The number of para-hydroxylation sites is 1. The fraction of sp³-hybridized carbons (Fsp3) is 0.500. The Morgan fingerprint density at radius 1 is 1.24 bits per heavy atom. The van der Waals surface area contributed by atoms with Crippen molar-refractivity contribution in [3.63, 3.8) is 0 Å². The van der Waals surface area contributed by atoms with Crippen LogP contribution >= 0.6 is 0 Å². The number of aryl methyl sites for hydroxylation is 2. The topological polar surface area (TPSA) is 29.1 Å². The highest BCUT2D eigenvalue weighted by Gasteiger charge is 2.18. The van der Waals surface area contributed by atoms with Gasteiger partial charge in [-0.1, -0.05) is 18.2 Å². The number of carbonyl (C=O) groups excluding carboxylic acids is 1. The summed E-state index contributed by atoms with van der Waals surface area (Å²) in [5.74, 6) is 0.0780. The van der Waals surface area contributed by atoms with Gasteiger partial charge in [0, 0.05) is 5.69 Å². The minimum Gasteiger partial charge on any atom is -0.321 e. The summed E-state index contributed by atoms with van der Waals surface area (Å²) in [4.78, 5) is 12.0. The first-order valence-electron chi connectivity index (χ1n) is 6.04. The zero-order chi connectivity index (χ0) is 13.1. The number of hydrogen-bond donors (Lipinski definition) is 1. The van der Waals surface area contributed by atoms with Crippen molar-refractivity contribution in [3.05, 3.63) is 29.3 Å². The van der Waals surface area contributed by atoms with Crippen LogP contribution in [0.2, 0.25) is 0 Å². The molecule has 1 amide bonds. The Kier molecular flexibility index (Phi) is 4.29. The lowest BCUT2D eigenvalue weighted by atomic mass is 10.1. The van der Waals surface area contributed by atoms with Gasteiger partial charge in [-0.3, -0.25) is 4.79 Å². The molecule has 0 fully saturated rings. The van der Waals surface area contributed by atoms with E-state index in [1.165, 1.54) is 0 Å². The predicted molar refractivity (Wildman–Crippen MR) is 72.1 cm³/mol. The Morgan fingerprint density at radius 2 is 1.76 bits per heavy atom. The number of quaternary nitrogens is 1. The van der Waals surface area contributed by atoms with Crippen LogP contribution in [0.25, 0.3) is 0 Å². The molecule has 1 aromatic rings. The lowest BCUT2D eigenvalue weighted by Crippen LogP contribution is -2.45. The summed E-state index contributed by atoms with van der Waals surface area (Å²) in [5.41, 5.74) is 3.17. The van der Waals surface area contributed by atoms with E-state index in [-0.39, 0.29) is 5.91 Å². The lowest BCUT2D eigenvalue weighted by Gasteiger charge is -2.27. The molecule has 0 radical (unpaired) electrons. The van der Waals surface area contributed by atoms with Gasteiger partial charge in [0.25, 0.3) is 5.91 Å². The van der Waals surface area contributed by atoms with E-state index in [1.54, 1.807) is 0 Å². The molecule has 0 aliphatic carbocycles. The summed E-state index contributed by atoms with van der Waals surface area (Å²) in [6.07, 6.45) is 0. The minimum atomic E-state index is 0.0780. The maximum atomic E-state index is 12.0. The zero-order valence-electron chi connectivity index (χ0n) is 11.5. The highest BCUT2D eigenvalue weighted by molar-refractivity contribution is 5.93. The number of nitrogens with one attached hydrogen (secondary N) is 1. The molecule has 0 aliphatic rings. The van der Waals surface area contributed by atoms with Crippen LogP contribution in [0, 0.1) is 13.8 Å². The minimum absolute atomic E-state index is 0.0780. The fourth-order valence-electron chi connectivity index (χ4n) is 1.69. The van der Waals surface area contributed by atoms with E-state index in [0.29, 0.717) is 11.0 Å². The SMILES string of the molecule is CC[N+](C)(C)CC(=O)Nc1c(C)cccc1C. The Balaban J connectivity index is 2.75. The Morgan fingerprint density at radius 3 is 2.24 bits per heavy atom. The van der Waals surface area contributed by atoms with Gasteiger partial charge in [0.1, 0.15) is 0 Å². The van der Waals surface area contributed by atoms with Crippen molar-refractivity contribution in [2.75, 3.05) is 32.5 Å². The van der Waals surface area contributed by atoms with Crippen molar-refractivity contribution in [2.45, 2.75) is 20.8 Å². The van der Waals surface area contributed by atoms with Gasteiger partial charge in [-0.25, -0.2) is 0 Å². The van der Waals surface area contributed by atoms with Crippen LogP contribution in [0.5, 0.6) is 0 Å². The maximum absolute atomic E-state index is 12.0. The summed E-state index contributed by atoms with van der Waals surface area (Å²) < 4.78 is 0.705. The van der Waals surface area contributed by atoms with Crippen LogP contribution in [0.4, 0.5) is 5.69 Å². The first-order valence-corrected chi connectivity index (χ1v) is 6.04. The van der Waals surface area contributed by atoms with Gasteiger partial charge >= 0.3 is 0 Å². The number of anilines is 1. The molecular formula is C14H23N2O+. The second-order valence-electron chi connectivity index (χ2n) is 5.23. The van der Waals surface area contributed by atoms with Crippen molar-refractivity contribution < 1.29 is 9.28 Å². The second-order valence-corrected chi connectivity index (χ2v) is 5.23. The molecule has 3 nitrogen and oxygen atoms in total. The van der Waals surface area contributed by atoms with Gasteiger partial charge in [-0.2, -0.15) is 0 Å². The standard InChI is InChI=1S/C14H22N2O/c1-6-16(4,5)10-13(17)15-14-11(2)8-7-9-12(14)3/h7-9H,6,10H2,1-5H3/p+1. The number of rotatable bonds is 4. The monoisotopic (exact) mass is 235 g/mol. The zero-order valence-corrected chi connectivity index (χ0v) is 11.5. The molecular weight excluding hydrogens is 212 g/mol. The molecule has 1 aromatic carbocycles. The highest BCUT2D eigenvalue weighted by atomic mass is 16.2. The first-order chi connectivity index (χ1) is 7.85. The van der Waals surface area contributed by atoms with E-state index in [1.807, 2.05) is 32.0 Å². The molecule has 0 bridgehead atoms. The molecule has 0 aromatic heterocycles. The molecule has 0 unspecified atom stereocenters. The van der Waals surface area contributed by atoms with Gasteiger partial charge in [0.2, 0.25) is 0 Å². The molecule has 0 atom stereocenters. The summed E-state index contributed by atoms with van der Waals surface area (Å²) in [7, 11) is 4.12. The van der Waals surface area contributed by atoms with E-state index >= 15 is 0 Å². The van der Waals surface area contributed by atoms with Crippen molar-refractivity contribution in [3.8, 4) is 0 Å². The summed E-state index contributed by atoms with van der Waals surface area (Å²) >= 11 is 0. The Labute approximate surface area is 104 Å². The van der Waals surface area contributed by atoms with Crippen molar-refractivity contribution in [1.82, 2.24) is 0 Å². The summed E-state index contributed by atoms with van der Waals surface area (Å²) in [5, 5.41) is 3.01. The fourth-order valence-corrected chi connectivity index (χ4v) is 1.69. The summed E-state index contributed by atoms with van der Waals surface area (Å²) in [6.45, 7) is 7.57. The molecule has 1 N–H and O–H groups in total. The Hall–Kier alpha value is -1.35. The van der Waals surface area contributed by atoms with Gasteiger partial charge in [-0.15, -0.1) is 0 Å². The molecule has 17 heavy (non-hydrogen) atoms. The quantitative estimate of drug-likeness (QED) is 0.797. The third kappa shape index (κ3) is 3.86. The van der Waals surface area contributed by atoms with Crippen molar-refractivity contribution >= 4 is 11.6 Å². The molecule has 1 rings (SSSR count). The number of amides is 1. The van der Waals surface area contributed by atoms with E-state index in [2.05, 4.69) is 26.3 Å². The van der Waals surface area contributed by atoms with Crippen LogP contribution in [0.15, 0.2) is 18.2 Å². The van der Waals surface area contributed by atoms with Gasteiger partial charge in [0.15, 0.2) is 6.54 Å². The van der Waals surface area contributed by atoms with Crippen LogP contribution in [-0.2, 0) is 4.79 Å². The second kappa shape index (κ2) is 5.32. The number of nitrogens with zero attached hydrogens (tertiary/aromatic N) is 1. The average Bonchev–Trinajstić information content (AvgIpc) is 2.23. The molecule has 3 heteroatoms. The molecule has 0 aliphatic heterocycles. The van der Waals surface area contributed by atoms with Gasteiger partial charge in [-0.05, 0) is 31.9 Å². The lowest BCUT2D eigenvalue weighted by molar-refractivity contribution is -0.880. The van der Waals surface area contributed by atoms with E-state index in [4.69, 9.17) is 0 Å². The molecule has 0 saturated heterocycles. The molecule has 0 saturated carbocycles. The van der Waals surface area contributed by atoms with Gasteiger partial charge < -0.3 is 9.80 Å². The normalized spacial score (nSPS) is 11.4. The third-order valence-corrected chi connectivity index (χ3v) is 3.17. The van der Waals surface area contributed by atoms with Crippen LogP contribution < -0.4 is 5.32 Å². The van der Waals surface area contributed by atoms with E-state index < -0.39 is 0 Å². The predicted octanol–water partition coefficient (Wildman–Crippen LogP) is 2.34. The largest absolute Gasteiger partial charge is 0.321 e. The number of carbonyl (C=O) groups is 1. The third-order valence-electron chi connectivity index (χ3n) is 3.17. The number of benzene rings is 1. The van der Waals surface area contributed by atoms with Crippen LogP contribution in [0.1, 0.15) is 18.1 Å². The molecule has 94 valence electrons. The molecule has 0 heterocycles. The average molecular weight is 235 g/mol. The van der Waals surface area contributed by atoms with Crippen LogP contribution in [-0.4, -0.2) is 37.6 Å². The summed E-state index contributed by atoms with van der Waals surface area (Å²) in [6, 6.07) is 6.04. The van der Waals surface area contributed by atoms with E-state index in [0.717, 1.165) is 23.4 Å². The van der Waals surface area contributed by atoms with E-state index in [9.17, 15) is 4.79 Å². The number of hydrogen-bond acceptors (Lipinski definition) is 1. The van der Waals surface area contributed by atoms with Crippen LogP contribution in [0.3, 0.4) is 0 Å². The number of likely N-dealkylation sites (N-methyl/N-ethyl adjacent to an activating group) is 1. The smallest absolute Gasteiger partial charge is 0.279 e. The Bertz CT molecular complexity index is 390. The molecule has 0 spiro atoms. The van der Waals surface area contributed by atoms with Gasteiger partial charge in [0.05, 0.1) is 20.6 Å². The maximum Gasteiger partial charge on any atom is 0.279 e.